The summed E-state index contributed by atoms with van der Waals surface area (Å²) in [5, 5.41) is 6.11. The molecule has 16 heavy (non-hydrogen) atoms. The summed E-state index contributed by atoms with van der Waals surface area (Å²) in [6.07, 6.45) is -1.36. The van der Waals surface area contributed by atoms with Crippen LogP contribution in [0.1, 0.15) is 11.1 Å². The third-order valence-corrected chi connectivity index (χ3v) is 2.86. The van der Waals surface area contributed by atoms with Crippen LogP contribution >= 0.6 is 0 Å². The van der Waals surface area contributed by atoms with Gasteiger partial charge in [0.05, 0.1) is 6.54 Å². The average Bonchev–Trinajstić information content (AvgIpc) is 2.28. The second kappa shape index (κ2) is 5.37. The fourth-order valence-electron chi connectivity index (χ4n) is 2.03. The van der Waals surface area contributed by atoms with E-state index in [0.29, 0.717) is 6.54 Å². The number of nitrogens with one attached hydrogen (secondary N) is 2. The molecule has 2 rings (SSSR count). The molecule has 4 heteroatoms. The van der Waals surface area contributed by atoms with Crippen molar-refractivity contribution in [3.05, 3.63) is 35.4 Å². The van der Waals surface area contributed by atoms with Gasteiger partial charge in [-0.05, 0) is 17.5 Å². The normalized spacial score (nSPS) is 19.8. The molecule has 2 N–H and O–H groups in total. The number of benzene rings is 1. The van der Waals surface area contributed by atoms with E-state index in [1.165, 1.54) is 11.1 Å². The van der Waals surface area contributed by atoms with E-state index in [1.807, 2.05) is 12.1 Å². The number of halogens is 2. The second-order valence-electron chi connectivity index (χ2n) is 4.10. The predicted molar refractivity (Wildman–Crippen MR) is 59.6 cm³/mol. The third-order valence-electron chi connectivity index (χ3n) is 2.86. The summed E-state index contributed by atoms with van der Waals surface area (Å²) in [5.41, 5.74) is 2.64. The smallest absolute Gasteiger partial charge is 0.250 e. The largest absolute Gasteiger partial charge is 0.310 e. The summed E-state index contributed by atoms with van der Waals surface area (Å²) in [5.74, 6) is 0. The van der Waals surface area contributed by atoms with E-state index in [-0.39, 0.29) is 12.6 Å². The highest BCUT2D eigenvalue weighted by molar-refractivity contribution is 5.29. The van der Waals surface area contributed by atoms with Gasteiger partial charge in [0.2, 0.25) is 0 Å². The standard InChI is InChI=1S/C12H16F2N2/c13-12(14)8-15-7-11-5-9-3-1-2-4-10(9)6-16-11/h1-4,11-12,15-16H,5-8H2. The Bertz CT molecular complexity index is 342. The summed E-state index contributed by atoms with van der Waals surface area (Å²) in [6, 6.07) is 8.51. The lowest BCUT2D eigenvalue weighted by Crippen LogP contribution is -2.43. The zero-order valence-electron chi connectivity index (χ0n) is 9.05. The Morgan fingerprint density at radius 1 is 1.31 bits per heavy atom. The Kier molecular flexibility index (Phi) is 3.85. The minimum atomic E-state index is -2.27. The van der Waals surface area contributed by atoms with Crippen molar-refractivity contribution >= 4 is 0 Å². The molecule has 1 aromatic rings. The molecular formula is C12H16F2N2. The Morgan fingerprint density at radius 2 is 2.06 bits per heavy atom. The first-order valence-electron chi connectivity index (χ1n) is 5.54. The van der Waals surface area contributed by atoms with Gasteiger partial charge in [0, 0.05) is 19.1 Å². The molecule has 1 aromatic carbocycles. The SMILES string of the molecule is FC(F)CNCC1Cc2ccccc2CN1. The first kappa shape index (κ1) is 11.5. The highest BCUT2D eigenvalue weighted by Crippen LogP contribution is 2.15. The third kappa shape index (κ3) is 3.00. The van der Waals surface area contributed by atoms with Crippen molar-refractivity contribution in [2.45, 2.75) is 25.4 Å². The average molecular weight is 226 g/mol. The molecule has 0 aromatic heterocycles. The van der Waals surface area contributed by atoms with Crippen molar-refractivity contribution in [1.82, 2.24) is 10.6 Å². The van der Waals surface area contributed by atoms with Gasteiger partial charge >= 0.3 is 0 Å². The zero-order chi connectivity index (χ0) is 11.4. The van der Waals surface area contributed by atoms with Crippen LogP contribution in [0.3, 0.4) is 0 Å². The maximum absolute atomic E-state index is 11.9. The van der Waals surface area contributed by atoms with Gasteiger partial charge in [-0.25, -0.2) is 8.78 Å². The molecule has 0 bridgehead atoms. The van der Waals surface area contributed by atoms with E-state index >= 15 is 0 Å². The van der Waals surface area contributed by atoms with Crippen molar-refractivity contribution in [2.75, 3.05) is 13.1 Å². The van der Waals surface area contributed by atoms with Crippen molar-refractivity contribution in [3.63, 3.8) is 0 Å². The fraction of sp³-hybridized carbons (Fsp3) is 0.500. The fourth-order valence-corrected chi connectivity index (χ4v) is 2.03. The number of alkyl halides is 2. The monoisotopic (exact) mass is 226 g/mol. The Balaban J connectivity index is 1.83. The topological polar surface area (TPSA) is 24.1 Å². The van der Waals surface area contributed by atoms with Crippen LogP contribution in [0.25, 0.3) is 0 Å². The molecule has 0 fully saturated rings. The molecule has 1 heterocycles. The molecule has 0 spiro atoms. The van der Waals surface area contributed by atoms with Crippen molar-refractivity contribution in [3.8, 4) is 0 Å². The van der Waals surface area contributed by atoms with Gasteiger partial charge < -0.3 is 10.6 Å². The minimum Gasteiger partial charge on any atom is -0.310 e. The predicted octanol–water partition coefficient (Wildman–Crippen LogP) is 1.56. The van der Waals surface area contributed by atoms with Crippen molar-refractivity contribution in [2.24, 2.45) is 0 Å². The first-order chi connectivity index (χ1) is 7.75. The number of rotatable bonds is 4. The summed E-state index contributed by atoms with van der Waals surface area (Å²) >= 11 is 0. The molecule has 0 aliphatic carbocycles. The lowest BCUT2D eigenvalue weighted by Gasteiger charge is -2.26. The van der Waals surface area contributed by atoms with E-state index < -0.39 is 6.43 Å². The van der Waals surface area contributed by atoms with Crippen LogP contribution in [-0.2, 0) is 13.0 Å². The molecule has 1 atom stereocenters. The lowest BCUT2D eigenvalue weighted by molar-refractivity contribution is 0.144. The van der Waals surface area contributed by atoms with E-state index in [4.69, 9.17) is 0 Å². The van der Waals surface area contributed by atoms with Gasteiger partial charge in [0.25, 0.3) is 6.43 Å². The molecule has 0 radical (unpaired) electrons. The number of hydrogen-bond acceptors (Lipinski definition) is 2. The molecular weight excluding hydrogens is 210 g/mol. The van der Waals surface area contributed by atoms with Crippen LogP contribution in [0.5, 0.6) is 0 Å². The lowest BCUT2D eigenvalue weighted by atomic mass is 9.96. The van der Waals surface area contributed by atoms with Gasteiger partial charge in [0.1, 0.15) is 0 Å². The molecule has 88 valence electrons. The maximum atomic E-state index is 11.9. The van der Waals surface area contributed by atoms with Gasteiger partial charge in [-0.3, -0.25) is 0 Å². The first-order valence-corrected chi connectivity index (χ1v) is 5.54. The molecule has 1 aliphatic rings. The molecule has 0 saturated carbocycles. The molecule has 1 aliphatic heterocycles. The van der Waals surface area contributed by atoms with Crippen molar-refractivity contribution in [1.29, 1.82) is 0 Å². The molecule has 2 nitrogen and oxygen atoms in total. The zero-order valence-corrected chi connectivity index (χ0v) is 9.05. The van der Waals surface area contributed by atoms with Gasteiger partial charge in [-0.15, -0.1) is 0 Å². The van der Waals surface area contributed by atoms with E-state index in [1.54, 1.807) is 0 Å². The van der Waals surface area contributed by atoms with E-state index in [2.05, 4.69) is 22.8 Å². The number of hydrogen-bond donors (Lipinski definition) is 2. The van der Waals surface area contributed by atoms with Crippen LogP contribution in [-0.4, -0.2) is 25.6 Å². The molecule has 1 unspecified atom stereocenters. The summed E-state index contributed by atoms with van der Waals surface area (Å²) in [7, 11) is 0. The number of fused-ring (bicyclic) bond motifs is 1. The Hall–Kier alpha value is -1.00. The van der Waals surface area contributed by atoms with Crippen LogP contribution in [0.4, 0.5) is 8.78 Å². The van der Waals surface area contributed by atoms with Crippen LogP contribution in [0.15, 0.2) is 24.3 Å². The summed E-state index contributed by atoms with van der Waals surface area (Å²) < 4.78 is 23.9. The summed E-state index contributed by atoms with van der Waals surface area (Å²) in [4.78, 5) is 0. The van der Waals surface area contributed by atoms with E-state index in [9.17, 15) is 8.78 Å². The van der Waals surface area contributed by atoms with Gasteiger partial charge in [-0.1, -0.05) is 24.3 Å². The Labute approximate surface area is 94.0 Å². The van der Waals surface area contributed by atoms with Gasteiger partial charge in [-0.2, -0.15) is 0 Å². The maximum Gasteiger partial charge on any atom is 0.250 e. The quantitative estimate of drug-likeness (QED) is 0.814. The Morgan fingerprint density at radius 3 is 2.81 bits per heavy atom. The van der Waals surface area contributed by atoms with Crippen molar-refractivity contribution < 1.29 is 8.78 Å². The van der Waals surface area contributed by atoms with Crippen LogP contribution in [0, 0.1) is 0 Å². The van der Waals surface area contributed by atoms with Crippen LogP contribution in [0.2, 0.25) is 0 Å². The van der Waals surface area contributed by atoms with Crippen LogP contribution < -0.4 is 10.6 Å². The second-order valence-corrected chi connectivity index (χ2v) is 4.10. The van der Waals surface area contributed by atoms with Gasteiger partial charge in [0.15, 0.2) is 0 Å². The highest BCUT2D eigenvalue weighted by Gasteiger charge is 2.17. The summed E-state index contributed by atoms with van der Waals surface area (Å²) in [6.45, 7) is 1.20. The molecule has 0 saturated heterocycles. The van der Waals surface area contributed by atoms with E-state index in [0.717, 1.165) is 13.0 Å². The molecule has 0 amide bonds. The highest BCUT2D eigenvalue weighted by atomic mass is 19.3. The minimum absolute atomic E-state index is 0.222.